The number of carbonyl (C=O) groups excluding carboxylic acids is 2. The number of carbonyl (C=O) groups is 3. The highest BCUT2D eigenvalue weighted by molar-refractivity contribution is 6.01. The summed E-state index contributed by atoms with van der Waals surface area (Å²) in [4.78, 5) is 36.1. The average Bonchev–Trinajstić information content (AvgIpc) is 2.85. The third-order valence-electron chi connectivity index (χ3n) is 5.45. The molecular formula is C28H31N3O6. The molecule has 3 rings (SSSR count). The van der Waals surface area contributed by atoms with Crippen molar-refractivity contribution < 1.29 is 29.0 Å². The Bertz CT molecular complexity index is 1270. The minimum absolute atomic E-state index is 0.1000. The van der Waals surface area contributed by atoms with Crippen LogP contribution in [-0.4, -0.2) is 42.3 Å². The number of anilines is 2. The van der Waals surface area contributed by atoms with Crippen LogP contribution in [0.15, 0.2) is 66.7 Å². The molecule has 3 aromatic rings. The van der Waals surface area contributed by atoms with Gasteiger partial charge in [-0.3, -0.25) is 4.79 Å². The van der Waals surface area contributed by atoms with E-state index in [1.165, 1.54) is 19.2 Å². The normalized spacial score (nSPS) is 10.8. The number of hydrogen-bond acceptors (Lipinski definition) is 5. The maximum Gasteiger partial charge on any atom is 0.335 e. The summed E-state index contributed by atoms with van der Waals surface area (Å²) < 4.78 is 11.1. The molecule has 0 saturated heterocycles. The highest BCUT2D eigenvalue weighted by Gasteiger charge is 2.22. The lowest BCUT2D eigenvalue weighted by atomic mass is 10.1. The molecule has 0 unspecified atom stereocenters. The zero-order valence-corrected chi connectivity index (χ0v) is 21.3. The van der Waals surface area contributed by atoms with E-state index < -0.39 is 17.5 Å². The first-order chi connectivity index (χ1) is 17.6. The van der Waals surface area contributed by atoms with Gasteiger partial charge in [0.25, 0.3) is 0 Å². The van der Waals surface area contributed by atoms with E-state index in [0.29, 0.717) is 28.4 Å². The van der Waals surface area contributed by atoms with Crippen LogP contribution in [0.1, 0.15) is 35.3 Å². The van der Waals surface area contributed by atoms with E-state index >= 15 is 0 Å². The Balaban J connectivity index is 1.55. The van der Waals surface area contributed by atoms with Crippen molar-refractivity contribution in [3.8, 4) is 11.5 Å². The molecular weight excluding hydrogens is 474 g/mol. The van der Waals surface area contributed by atoms with Crippen LogP contribution in [0.2, 0.25) is 0 Å². The fraction of sp³-hybridized carbons (Fsp3) is 0.250. The second kappa shape index (κ2) is 11.9. The van der Waals surface area contributed by atoms with Crippen molar-refractivity contribution in [2.75, 3.05) is 24.4 Å². The summed E-state index contributed by atoms with van der Waals surface area (Å²) in [5.41, 5.74) is 2.32. The average molecular weight is 506 g/mol. The lowest BCUT2D eigenvalue weighted by Gasteiger charge is -2.26. The Morgan fingerprint density at radius 2 is 1.59 bits per heavy atom. The number of benzene rings is 3. The van der Waals surface area contributed by atoms with Gasteiger partial charge in [-0.15, -0.1) is 0 Å². The molecule has 0 aliphatic rings. The number of carboxylic acids is 1. The first kappa shape index (κ1) is 27.1. The molecule has 0 saturated carbocycles. The van der Waals surface area contributed by atoms with E-state index in [0.717, 1.165) is 5.56 Å². The van der Waals surface area contributed by atoms with Gasteiger partial charge in [-0.25, -0.2) is 9.59 Å². The van der Waals surface area contributed by atoms with E-state index in [4.69, 9.17) is 14.6 Å². The molecule has 0 heterocycles. The molecule has 0 aliphatic carbocycles. The van der Waals surface area contributed by atoms with Gasteiger partial charge >= 0.3 is 12.0 Å². The molecule has 3 aromatic carbocycles. The molecule has 0 atom stereocenters. The Morgan fingerprint density at radius 3 is 2.24 bits per heavy atom. The number of aromatic carboxylic acids is 1. The molecule has 0 aliphatic heterocycles. The monoisotopic (exact) mass is 505 g/mol. The maximum absolute atomic E-state index is 12.7. The number of ether oxygens (including phenoxy) is 2. The summed E-state index contributed by atoms with van der Waals surface area (Å²) in [6.07, 6.45) is 0.1000. The number of amides is 3. The highest BCUT2D eigenvalue weighted by atomic mass is 16.5. The first-order valence-corrected chi connectivity index (χ1v) is 11.6. The number of rotatable bonds is 10. The second-order valence-electron chi connectivity index (χ2n) is 9.16. The van der Waals surface area contributed by atoms with Gasteiger partial charge in [-0.05, 0) is 74.4 Å². The number of urea groups is 1. The SMILES string of the molecule is COc1cc(CC(=O)NC(C)(C)COc2ccc(C(=O)O)cc2)ccc1NC(=O)Nc1ccccc1C. The number of nitrogens with one attached hydrogen (secondary N) is 3. The van der Waals surface area contributed by atoms with Crippen LogP contribution in [0.5, 0.6) is 11.5 Å². The van der Waals surface area contributed by atoms with Gasteiger partial charge in [-0.2, -0.15) is 0 Å². The zero-order chi connectivity index (χ0) is 27.0. The zero-order valence-electron chi connectivity index (χ0n) is 21.3. The van der Waals surface area contributed by atoms with E-state index in [9.17, 15) is 14.4 Å². The summed E-state index contributed by atoms with van der Waals surface area (Å²) in [6.45, 7) is 5.75. The fourth-order valence-electron chi connectivity index (χ4n) is 3.54. The standard InChI is InChI=1S/C28H31N3O6/c1-18-7-5-6-8-22(18)29-27(35)30-23-14-9-19(15-24(23)36-4)16-25(32)31-28(2,3)17-37-21-12-10-20(11-13-21)26(33)34/h5-15H,16-17H2,1-4H3,(H,31,32)(H,33,34)(H2,29,30,35). The molecule has 9 nitrogen and oxygen atoms in total. The van der Waals surface area contributed by atoms with Crippen molar-refractivity contribution in [1.82, 2.24) is 5.32 Å². The van der Waals surface area contributed by atoms with Crippen molar-refractivity contribution in [2.24, 2.45) is 0 Å². The van der Waals surface area contributed by atoms with Crippen molar-refractivity contribution >= 4 is 29.3 Å². The molecule has 37 heavy (non-hydrogen) atoms. The summed E-state index contributed by atoms with van der Waals surface area (Å²) in [5.74, 6) is -0.288. The Morgan fingerprint density at radius 1 is 0.919 bits per heavy atom. The van der Waals surface area contributed by atoms with Gasteiger partial charge in [-0.1, -0.05) is 24.3 Å². The largest absolute Gasteiger partial charge is 0.495 e. The Kier molecular flexibility index (Phi) is 8.73. The lowest BCUT2D eigenvalue weighted by molar-refractivity contribution is -0.122. The molecule has 0 bridgehead atoms. The van der Waals surface area contributed by atoms with Crippen molar-refractivity contribution in [1.29, 1.82) is 0 Å². The van der Waals surface area contributed by atoms with Gasteiger partial charge in [0.15, 0.2) is 0 Å². The van der Waals surface area contributed by atoms with Crippen LogP contribution in [-0.2, 0) is 11.2 Å². The molecule has 0 spiro atoms. The van der Waals surface area contributed by atoms with Crippen molar-refractivity contribution in [2.45, 2.75) is 32.7 Å². The molecule has 0 radical (unpaired) electrons. The van der Waals surface area contributed by atoms with Crippen LogP contribution >= 0.6 is 0 Å². The van der Waals surface area contributed by atoms with Gasteiger partial charge < -0.3 is 30.5 Å². The lowest BCUT2D eigenvalue weighted by Crippen LogP contribution is -2.48. The van der Waals surface area contributed by atoms with Crippen LogP contribution in [0.3, 0.4) is 0 Å². The highest BCUT2D eigenvalue weighted by Crippen LogP contribution is 2.26. The summed E-state index contributed by atoms with van der Waals surface area (Å²) in [5, 5.41) is 17.5. The van der Waals surface area contributed by atoms with Crippen molar-refractivity contribution in [3.63, 3.8) is 0 Å². The number of hydrogen-bond donors (Lipinski definition) is 4. The summed E-state index contributed by atoms with van der Waals surface area (Å²) >= 11 is 0. The predicted molar refractivity (Wildman–Crippen MR) is 142 cm³/mol. The number of para-hydroxylation sites is 1. The number of aryl methyl sites for hydroxylation is 1. The van der Waals surface area contributed by atoms with Gasteiger partial charge in [0, 0.05) is 5.69 Å². The molecule has 0 aromatic heterocycles. The first-order valence-electron chi connectivity index (χ1n) is 11.6. The van der Waals surface area contributed by atoms with Crippen LogP contribution in [0.25, 0.3) is 0 Å². The van der Waals surface area contributed by atoms with Crippen LogP contribution in [0, 0.1) is 6.92 Å². The minimum atomic E-state index is -1.01. The number of carboxylic acid groups (broad SMARTS) is 1. The van der Waals surface area contributed by atoms with E-state index in [-0.39, 0.29) is 24.5 Å². The fourth-order valence-corrected chi connectivity index (χ4v) is 3.54. The molecule has 9 heteroatoms. The molecule has 3 amide bonds. The van der Waals surface area contributed by atoms with E-state index in [1.54, 1.807) is 30.3 Å². The minimum Gasteiger partial charge on any atom is -0.495 e. The van der Waals surface area contributed by atoms with Crippen LogP contribution < -0.4 is 25.4 Å². The maximum atomic E-state index is 12.7. The third-order valence-corrected chi connectivity index (χ3v) is 5.45. The predicted octanol–water partition coefficient (Wildman–Crippen LogP) is 4.86. The van der Waals surface area contributed by atoms with Crippen LogP contribution in [0.4, 0.5) is 16.2 Å². The second-order valence-corrected chi connectivity index (χ2v) is 9.16. The summed E-state index contributed by atoms with van der Waals surface area (Å²) in [7, 11) is 1.49. The quantitative estimate of drug-likeness (QED) is 0.312. The van der Waals surface area contributed by atoms with E-state index in [1.807, 2.05) is 45.0 Å². The summed E-state index contributed by atoms with van der Waals surface area (Å²) in [6, 6.07) is 18.3. The Labute approximate surface area is 215 Å². The molecule has 0 fully saturated rings. The smallest absolute Gasteiger partial charge is 0.335 e. The van der Waals surface area contributed by atoms with E-state index in [2.05, 4.69) is 16.0 Å². The molecule has 4 N–H and O–H groups in total. The number of methoxy groups -OCH3 is 1. The van der Waals surface area contributed by atoms with Crippen molar-refractivity contribution in [3.05, 3.63) is 83.4 Å². The topological polar surface area (TPSA) is 126 Å². The van der Waals surface area contributed by atoms with Gasteiger partial charge in [0.2, 0.25) is 5.91 Å². The van der Waals surface area contributed by atoms with Gasteiger partial charge in [0.1, 0.15) is 18.1 Å². The van der Waals surface area contributed by atoms with Gasteiger partial charge in [0.05, 0.1) is 30.3 Å². The Hall–Kier alpha value is -4.53. The molecule has 194 valence electrons. The third kappa shape index (κ3) is 7.99.